The molecule has 0 unspecified atom stereocenters. The highest BCUT2D eigenvalue weighted by molar-refractivity contribution is 5.80. The van der Waals surface area contributed by atoms with E-state index in [1.165, 1.54) is 13.4 Å². The summed E-state index contributed by atoms with van der Waals surface area (Å²) in [6.07, 6.45) is 2.85. The van der Waals surface area contributed by atoms with Crippen LogP contribution in [0.2, 0.25) is 0 Å². The third kappa shape index (κ3) is 4.28. The van der Waals surface area contributed by atoms with Gasteiger partial charge in [0.15, 0.2) is 0 Å². The maximum absolute atomic E-state index is 12.4. The molecule has 0 spiro atoms. The highest BCUT2D eigenvalue weighted by Gasteiger charge is 2.28. The quantitative estimate of drug-likeness (QED) is 0.816. The average molecular weight is 323 g/mol. The van der Waals surface area contributed by atoms with Crippen molar-refractivity contribution < 1.29 is 14.3 Å². The molecule has 0 radical (unpaired) electrons. The van der Waals surface area contributed by atoms with Crippen LogP contribution in [0.5, 0.6) is 0 Å². The first-order chi connectivity index (χ1) is 11.1. The predicted molar refractivity (Wildman–Crippen MR) is 83.4 cm³/mol. The second-order valence-corrected chi connectivity index (χ2v) is 5.75. The Morgan fingerprint density at radius 3 is 2.74 bits per heavy atom. The first-order valence-corrected chi connectivity index (χ1v) is 8.01. The second-order valence-electron chi connectivity index (χ2n) is 5.75. The molecule has 1 aliphatic heterocycles. The lowest BCUT2D eigenvalue weighted by Gasteiger charge is -2.31. The topological polar surface area (TPSA) is 89.4 Å². The molecule has 0 saturated carbocycles. The fourth-order valence-electron chi connectivity index (χ4n) is 2.85. The molecule has 2 rings (SSSR count). The van der Waals surface area contributed by atoms with Crippen LogP contribution < -0.4 is 5.32 Å². The van der Waals surface area contributed by atoms with Gasteiger partial charge in [0.25, 0.3) is 0 Å². The number of carbonyl (C=O) groups is 2. The molecule has 2 amide bonds. The van der Waals surface area contributed by atoms with Gasteiger partial charge < -0.3 is 15.0 Å². The molecule has 1 aromatic heterocycles. The van der Waals surface area contributed by atoms with E-state index in [2.05, 4.69) is 15.4 Å². The summed E-state index contributed by atoms with van der Waals surface area (Å²) in [7, 11) is 1.51. The van der Waals surface area contributed by atoms with Gasteiger partial charge in [0.1, 0.15) is 18.8 Å². The van der Waals surface area contributed by atoms with Crippen molar-refractivity contribution in [1.29, 1.82) is 0 Å². The fraction of sp³-hybridized carbons (Fsp3) is 0.733. The Kier molecular flexibility index (Phi) is 6.09. The normalized spacial score (nSPS) is 17.1. The molecular weight excluding hydrogens is 298 g/mol. The van der Waals surface area contributed by atoms with Crippen LogP contribution in [-0.4, -0.2) is 58.3 Å². The van der Waals surface area contributed by atoms with Crippen LogP contribution >= 0.6 is 0 Å². The molecule has 0 aliphatic carbocycles. The van der Waals surface area contributed by atoms with Crippen LogP contribution in [0, 0.1) is 5.92 Å². The lowest BCUT2D eigenvalue weighted by Crippen LogP contribution is -2.44. The number of rotatable bonds is 6. The Morgan fingerprint density at radius 2 is 2.13 bits per heavy atom. The SMILES string of the molecule is CCn1ncnc1[C@H](C)NC(=O)C1CCN(C(=O)COC)CC1. The Hall–Kier alpha value is -1.96. The average Bonchev–Trinajstić information content (AvgIpc) is 3.04. The fourth-order valence-corrected chi connectivity index (χ4v) is 2.85. The lowest BCUT2D eigenvalue weighted by atomic mass is 9.95. The summed E-state index contributed by atoms with van der Waals surface area (Å²) in [5.41, 5.74) is 0. The Morgan fingerprint density at radius 1 is 1.43 bits per heavy atom. The number of hydrogen-bond donors (Lipinski definition) is 1. The molecule has 8 heteroatoms. The molecule has 23 heavy (non-hydrogen) atoms. The number of amides is 2. The third-order valence-electron chi connectivity index (χ3n) is 4.18. The van der Waals surface area contributed by atoms with Gasteiger partial charge in [0, 0.05) is 32.7 Å². The van der Waals surface area contributed by atoms with Crippen LogP contribution in [0.1, 0.15) is 38.6 Å². The van der Waals surface area contributed by atoms with E-state index in [4.69, 9.17) is 4.74 Å². The molecule has 8 nitrogen and oxygen atoms in total. The van der Waals surface area contributed by atoms with Gasteiger partial charge in [-0.15, -0.1) is 0 Å². The number of methoxy groups -OCH3 is 1. The van der Waals surface area contributed by atoms with Crippen molar-refractivity contribution in [1.82, 2.24) is 25.0 Å². The summed E-state index contributed by atoms with van der Waals surface area (Å²) >= 11 is 0. The van der Waals surface area contributed by atoms with E-state index < -0.39 is 0 Å². The largest absolute Gasteiger partial charge is 0.375 e. The van der Waals surface area contributed by atoms with E-state index in [0.717, 1.165) is 12.4 Å². The van der Waals surface area contributed by atoms with Crippen molar-refractivity contribution in [3.63, 3.8) is 0 Å². The van der Waals surface area contributed by atoms with E-state index in [-0.39, 0.29) is 30.4 Å². The third-order valence-corrected chi connectivity index (χ3v) is 4.18. The molecule has 1 aromatic rings. The number of aromatic nitrogens is 3. The molecule has 0 aromatic carbocycles. The zero-order valence-corrected chi connectivity index (χ0v) is 14.0. The number of ether oxygens (including phenoxy) is 1. The first kappa shape index (κ1) is 17.4. The summed E-state index contributed by atoms with van der Waals surface area (Å²) in [5, 5.41) is 7.13. The molecule has 128 valence electrons. The maximum Gasteiger partial charge on any atom is 0.248 e. The van der Waals surface area contributed by atoms with Crippen molar-refractivity contribution >= 4 is 11.8 Å². The van der Waals surface area contributed by atoms with Gasteiger partial charge in [0.2, 0.25) is 11.8 Å². The molecule has 0 bridgehead atoms. The number of nitrogens with one attached hydrogen (secondary N) is 1. The van der Waals surface area contributed by atoms with E-state index in [9.17, 15) is 9.59 Å². The maximum atomic E-state index is 12.4. The zero-order chi connectivity index (χ0) is 16.8. The standard InChI is InChI=1S/C15H25N5O3/c1-4-20-14(16-10-17-20)11(2)18-15(22)12-5-7-19(8-6-12)13(21)9-23-3/h10-12H,4-9H2,1-3H3,(H,18,22)/t11-/m0/s1. The van der Waals surface area contributed by atoms with Gasteiger partial charge in [-0.1, -0.05) is 0 Å². The Balaban J connectivity index is 1.84. The predicted octanol–water partition coefficient (Wildman–Crippen LogP) is 0.360. The minimum atomic E-state index is -0.182. The van der Waals surface area contributed by atoms with Crippen LogP contribution in [0.3, 0.4) is 0 Å². The van der Waals surface area contributed by atoms with Crippen molar-refractivity contribution in [2.45, 2.75) is 39.3 Å². The highest BCUT2D eigenvalue weighted by atomic mass is 16.5. The molecule has 2 heterocycles. The van der Waals surface area contributed by atoms with Crippen molar-refractivity contribution in [2.24, 2.45) is 5.92 Å². The van der Waals surface area contributed by atoms with E-state index in [0.29, 0.717) is 25.9 Å². The number of carbonyl (C=O) groups excluding carboxylic acids is 2. The number of hydrogen-bond acceptors (Lipinski definition) is 5. The van der Waals surface area contributed by atoms with Gasteiger partial charge >= 0.3 is 0 Å². The highest BCUT2D eigenvalue weighted by Crippen LogP contribution is 2.19. The molecule has 1 saturated heterocycles. The van der Waals surface area contributed by atoms with E-state index >= 15 is 0 Å². The monoisotopic (exact) mass is 323 g/mol. The van der Waals surface area contributed by atoms with Crippen molar-refractivity contribution in [3.05, 3.63) is 12.2 Å². The smallest absolute Gasteiger partial charge is 0.248 e. The molecule has 1 aliphatic rings. The number of piperidine rings is 1. The van der Waals surface area contributed by atoms with E-state index in [1.54, 1.807) is 9.58 Å². The van der Waals surface area contributed by atoms with Gasteiger partial charge in [-0.3, -0.25) is 9.59 Å². The molecule has 1 atom stereocenters. The summed E-state index contributed by atoms with van der Waals surface area (Å²) in [6, 6.07) is -0.182. The lowest BCUT2D eigenvalue weighted by molar-refractivity contribution is -0.138. The first-order valence-electron chi connectivity index (χ1n) is 8.01. The van der Waals surface area contributed by atoms with Crippen LogP contribution in [0.4, 0.5) is 0 Å². The number of likely N-dealkylation sites (tertiary alicyclic amines) is 1. The minimum Gasteiger partial charge on any atom is -0.375 e. The zero-order valence-electron chi connectivity index (χ0n) is 14.0. The Labute approximate surface area is 136 Å². The van der Waals surface area contributed by atoms with Gasteiger partial charge in [-0.05, 0) is 26.7 Å². The molecule has 1 N–H and O–H groups in total. The van der Waals surface area contributed by atoms with Gasteiger partial charge in [0.05, 0.1) is 6.04 Å². The van der Waals surface area contributed by atoms with Crippen LogP contribution in [0.25, 0.3) is 0 Å². The Bertz CT molecular complexity index is 537. The summed E-state index contributed by atoms with van der Waals surface area (Å²) < 4.78 is 6.64. The van der Waals surface area contributed by atoms with Gasteiger partial charge in [-0.25, -0.2) is 9.67 Å². The van der Waals surface area contributed by atoms with Gasteiger partial charge in [-0.2, -0.15) is 5.10 Å². The summed E-state index contributed by atoms with van der Waals surface area (Å²) in [5.74, 6) is 0.688. The van der Waals surface area contributed by atoms with Crippen molar-refractivity contribution in [3.8, 4) is 0 Å². The number of aryl methyl sites for hydroxylation is 1. The number of nitrogens with zero attached hydrogens (tertiary/aromatic N) is 4. The molecule has 1 fully saturated rings. The van der Waals surface area contributed by atoms with Crippen molar-refractivity contribution in [2.75, 3.05) is 26.8 Å². The minimum absolute atomic E-state index is 0.0157. The van der Waals surface area contributed by atoms with E-state index in [1.807, 2.05) is 13.8 Å². The summed E-state index contributed by atoms with van der Waals surface area (Å²) in [4.78, 5) is 30.1. The van der Waals surface area contributed by atoms with Crippen LogP contribution in [0.15, 0.2) is 6.33 Å². The van der Waals surface area contributed by atoms with Crippen LogP contribution in [-0.2, 0) is 20.9 Å². The summed E-state index contributed by atoms with van der Waals surface area (Å²) in [6.45, 7) is 5.90. The molecular formula is C15H25N5O3. The second kappa shape index (κ2) is 8.05.